The Morgan fingerprint density at radius 3 is 1.87 bits per heavy atom. The molecule has 0 atom stereocenters. The van der Waals surface area contributed by atoms with Crippen molar-refractivity contribution in [3.05, 3.63) is 29.2 Å². The Balaban J connectivity index is 0. The first-order valence-corrected chi connectivity index (χ1v) is 11.7. The summed E-state index contributed by atoms with van der Waals surface area (Å²) < 4.78 is 0. The fraction of sp³-hybridized carbons (Fsp3) is 0.250. The summed E-state index contributed by atoms with van der Waals surface area (Å²) in [7, 11) is 13.8. The van der Waals surface area contributed by atoms with Crippen molar-refractivity contribution in [1.29, 1.82) is 5.39 Å². The number of benzene rings is 1. The Kier molecular flexibility index (Phi) is 12.1. The van der Waals surface area contributed by atoms with Crippen LogP contribution in [0.3, 0.4) is 0 Å². The number of halogens is 3. The SMILES string of the molecule is CN(C)c1ccc([N+]#N)cc1.Cl.[Cl][Zn][Cl]. The van der Waals surface area contributed by atoms with Gasteiger partial charge in [-0.2, -0.15) is 0 Å². The average Bonchev–Trinajstić information content (AvgIpc) is 2.19. The maximum absolute atomic E-state index is 8.38. The number of rotatable bonds is 1. The molecule has 0 N–H and O–H groups in total. The van der Waals surface area contributed by atoms with Crippen LogP contribution in [-0.2, 0) is 15.1 Å². The summed E-state index contributed by atoms with van der Waals surface area (Å²) in [6.45, 7) is 0. The first-order valence-electron chi connectivity index (χ1n) is 3.90. The number of nitrogens with zero attached hydrogens (tertiary/aromatic N) is 3. The summed E-state index contributed by atoms with van der Waals surface area (Å²) in [4.78, 5) is 5.04. The van der Waals surface area contributed by atoms with E-state index in [1.165, 1.54) is 0 Å². The van der Waals surface area contributed by atoms with Crippen LogP contribution in [0.1, 0.15) is 0 Å². The van der Waals surface area contributed by atoms with Crippen molar-refractivity contribution < 1.29 is 15.1 Å². The van der Waals surface area contributed by atoms with Gasteiger partial charge in [0.2, 0.25) is 5.39 Å². The van der Waals surface area contributed by atoms with Gasteiger partial charge in [0, 0.05) is 31.9 Å². The monoisotopic (exact) mass is 318 g/mol. The molecule has 0 aromatic heterocycles. The second-order valence-electron chi connectivity index (χ2n) is 2.61. The van der Waals surface area contributed by atoms with Gasteiger partial charge in [0.05, 0.1) is 0 Å². The molecule has 0 aliphatic carbocycles. The molecule has 7 heteroatoms. The van der Waals surface area contributed by atoms with Crippen molar-refractivity contribution in [2.24, 2.45) is 0 Å². The second-order valence-corrected chi connectivity index (χ2v) is 7.23. The zero-order valence-electron chi connectivity index (χ0n) is 8.52. The molecule has 0 heterocycles. The van der Waals surface area contributed by atoms with Crippen LogP contribution < -0.4 is 4.90 Å². The van der Waals surface area contributed by atoms with Gasteiger partial charge in [-0.05, 0) is 12.1 Å². The van der Waals surface area contributed by atoms with Crippen molar-refractivity contribution in [3.8, 4) is 0 Å². The van der Waals surface area contributed by atoms with Crippen molar-refractivity contribution in [1.82, 2.24) is 0 Å². The van der Waals surface area contributed by atoms with E-state index in [1.54, 1.807) is 12.1 Å². The fourth-order valence-corrected chi connectivity index (χ4v) is 0.817. The fourth-order valence-electron chi connectivity index (χ4n) is 0.817. The van der Waals surface area contributed by atoms with Crippen molar-refractivity contribution in [2.45, 2.75) is 0 Å². The molecule has 0 saturated heterocycles. The Bertz CT molecular complexity index is 297. The molecular weight excluding hydrogens is 310 g/mol. The van der Waals surface area contributed by atoms with E-state index in [2.05, 4.69) is 4.98 Å². The van der Waals surface area contributed by atoms with Crippen LogP contribution in [0.15, 0.2) is 24.3 Å². The second kappa shape index (κ2) is 10.5. The van der Waals surface area contributed by atoms with Gasteiger partial charge in [-0.25, -0.2) is 0 Å². The molecule has 1 aromatic carbocycles. The first-order chi connectivity index (χ1) is 6.65. The summed E-state index contributed by atoms with van der Waals surface area (Å²) in [6, 6.07) is 7.31. The van der Waals surface area contributed by atoms with Crippen LogP contribution in [0, 0.1) is 5.39 Å². The quantitative estimate of drug-likeness (QED) is 0.577. The van der Waals surface area contributed by atoms with E-state index in [-0.39, 0.29) is 12.4 Å². The molecule has 0 unspecified atom stereocenters. The normalized spacial score (nSPS) is 7.13. The van der Waals surface area contributed by atoms with Gasteiger partial charge in [-0.1, -0.05) is 0 Å². The average molecular weight is 321 g/mol. The summed E-state index contributed by atoms with van der Waals surface area (Å²) >= 11 is -0.931. The third-order valence-corrected chi connectivity index (χ3v) is 1.48. The van der Waals surface area contributed by atoms with Gasteiger partial charge < -0.3 is 4.90 Å². The summed E-state index contributed by atoms with van der Waals surface area (Å²) in [5.41, 5.74) is 1.67. The molecule has 0 fully saturated rings. The molecule has 0 amide bonds. The van der Waals surface area contributed by atoms with Gasteiger partial charge >= 0.3 is 40.2 Å². The van der Waals surface area contributed by atoms with E-state index in [9.17, 15) is 0 Å². The van der Waals surface area contributed by atoms with E-state index in [0.717, 1.165) is 5.69 Å². The molecule has 0 spiro atoms. The maximum atomic E-state index is 8.38. The van der Waals surface area contributed by atoms with E-state index in [0.29, 0.717) is 5.69 Å². The Labute approximate surface area is 111 Å². The molecule has 0 radical (unpaired) electrons. The van der Waals surface area contributed by atoms with Gasteiger partial charge in [0.25, 0.3) is 0 Å². The zero-order valence-corrected chi connectivity index (χ0v) is 13.8. The topological polar surface area (TPSA) is 31.4 Å². The van der Waals surface area contributed by atoms with Gasteiger partial charge in [-0.15, -0.1) is 12.4 Å². The van der Waals surface area contributed by atoms with E-state index in [4.69, 9.17) is 24.8 Å². The minimum atomic E-state index is -0.931. The molecule has 80 valence electrons. The van der Waals surface area contributed by atoms with Crippen LogP contribution in [-0.4, -0.2) is 14.1 Å². The zero-order chi connectivity index (χ0) is 11.0. The Morgan fingerprint density at radius 2 is 1.60 bits per heavy atom. The van der Waals surface area contributed by atoms with Crippen molar-refractivity contribution >= 4 is 43.2 Å². The Morgan fingerprint density at radius 1 is 1.20 bits per heavy atom. The molecule has 15 heavy (non-hydrogen) atoms. The van der Waals surface area contributed by atoms with E-state index >= 15 is 0 Å². The molecular formula is C8H11Cl3N3Zn+. The minimum absolute atomic E-state index is 0. The summed E-state index contributed by atoms with van der Waals surface area (Å²) in [5.74, 6) is 0. The number of hydrogen-bond donors (Lipinski definition) is 0. The molecule has 3 nitrogen and oxygen atoms in total. The predicted octanol–water partition coefficient (Wildman–Crippen LogP) is 4.04. The number of diazo groups is 1. The standard InChI is InChI=1S/C8H10N3.3ClH.Zn/c1-11(2)8-5-3-7(10-9)4-6-8;;;;/h3-6H,1-2H3;3*1H;/q+1;;;;+2/p-2. The van der Waals surface area contributed by atoms with Gasteiger partial charge in [0.1, 0.15) is 0 Å². The molecule has 0 saturated carbocycles. The summed E-state index contributed by atoms with van der Waals surface area (Å²) in [5, 5.41) is 8.38. The van der Waals surface area contributed by atoms with Gasteiger partial charge in [0.15, 0.2) is 4.98 Å². The van der Waals surface area contributed by atoms with Crippen molar-refractivity contribution in [2.75, 3.05) is 19.0 Å². The summed E-state index contributed by atoms with van der Waals surface area (Å²) in [6.07, 6.45) is 0. The predicted molar refractivity (Wildman–Crippen MR) is 64.5 cm³/mol. The Hall–Kier alpha value is -0.0666. The van der Waals surface area contributed by atoms with Crippen LogP contribution in [0.4, 0.5) is 11.4 Å². The third-order valence-electron chi connectivity index (χ3n) is 1.48. The van der Waals surface area contributed by atoms with Crippen molar-refractivity contribution in [3.63, 3.8) is 0 Å². The molecule has 1 rings (SSSR count). The van der Waals surface area contributed by atoms with E-state index < -0.39 is 15.1 Å². The first kappa shape index (κ1) is 17.3. The van der Waals surface area contributed by atoms with Crippen LogP contribution in [0.2, 0.25) is 0 Å². The number of anilines is 1. The van der Waals surface area contributed by atoms with Crippen LogP contribution >= 0.6 is 31.8 Å². The van der Waals surface area contributed by atoms with E-state index in [1.807, 2.05) is 31.1 Å². The van der Waals surface area contributed by atoms with Gasteiger partial charge in [-0.3, -0.25) is 0 Å². The van der Waals surface area contributed by atoms with Crippen LogP contribution in [0.5, 0.6) is 0 Å². The molecule has 1 aromatic rings. The molecule has 0 bridgehead atoms. The third kappa shape index (κ3) is 7.82. The molecule has 0 aliphatic heterocycles. The molecule has 0 aliphatic rings. The van der Waals surface area contributed by atoms with Crippen LogP contribution in [0.25, 0.3) is 4.98 Å². The number of hydrogen-bond acceptors (Lipinski definition) is 2.